The highest BCUT2D eigenvalue weighted by atomic mass is 15.5. The Hall–Kier alpha value is -6.46. The molecule has 0 aliphatic heterocycles. The first kappa shape index (κ1) is 33.1. The summed E-state index contributed by atoms with van der Waals surface area (Å²) in [5.74, 6) is 0.170. The van der Waals surface area contributed by atoms with E-state index in [9.17, 15) is 0 Å². The molecular formula is C51H42N4. The van der Waals surface area contributed by atoms with Gasteiger partial charge in [-0.15, -0.1) is 0 Å². The summed E-state index contributed by atoms with van der Waals surface area (Å²) in [6.07, 6.45) is 9.16. The molecule has 4 nitrogen and oxygen atoms in total. The Morgan fingerprint density at radius 1 is 0.600 bits per heavy atom. The van der Waals surface area contributed by atoms with Crippen LogP contribution in [-0.4, -0.2) is 10.8 Å². The zero-order valence-electron chi connectivity index (χ0n) is 30.5. The maximum absolute atomic E-state index is 6.92. The molecule has 7 aromatic carbocycles. The van der Waals surface area contributed by atoms with Gasteiger partial charge >= 0.3 is 0 Å². The van der Waals surface area contributed by atoms with Crippen LogP contribution in [0.3, 0.4) is 0 Å². The molecule has 0 amide bonds. The number of nitrogens with two attached hydrogens (primary N) is 1. The van der Waals surface area contributed by atoms with Crippen molar-refractivity contribution in [1.29, 1.82) is 0 Å². The second kappa shape index (κ2) is 13.7. The maximum Gasteiger partial charge on any atom is 0.0998 e. The summed E-state index contributed by atoms with van der Waals surface area (Å²) in [6.45, 7) is 0. The lowest BCUT2D eigenvalue weighted by atomic mass is 9.67. The fourth-order valence-electron chi connectivity index (χ4n) is 9.18. The largest absolute Gasteiger partial charge is 0.312 e. The van der Waals surface area contributed by atoms with Crippen LogP contribution in [0.2, 0.25) is 0 Å². The van der Waals surface area contributed by atoms with E-state index in [-0.39, 0.29) is 18.2 Å². The number of fused-ring (bicyclic) bond motifs is 7. The van der Waals surface area contributed by atoms with E-state index in [1.165, 1.54) is 55.3 Å². The summed E-state index contributed by atoms with van der Waals surface area (Å²) in [6, 6.07) is 63.7. The number of benzene rings is 7. The molecule has 0 radical (unpaired) electrons. The van der Waals surface area contributed by atoms with Gasteiger partial charge in [0.15, 0.2) is 0 Å². The summed E-state index contributed by atoms with van der Waals surface area (Å²) in [4.78, 5) is 0. The third kappa shape index (κ3) is 5.45. The summed E-state index contributed by atoms with van der Waals surface area (Å²) in [5.41, 5.74) is 23.8. The molecule has 3 unspecified atom stereocenters. The van der Waals surface area contributed by atoms with Crippen LogP contribution in [0.1, 0.15) is 40.4 Å². The third-order valence-corrected chi connectivity index (χ3v) is 11.7. The van der Waals surface area contributed by atoms with Crippen LogP contribution in [0.25, 0.3) is 44.1 Å². The molecule has 2 aliphatic carbocycles. The Labute approximate surface area is 322 Å². The van der Waals surface area contributed by atoms with Crippen LogP contribution in [0.5, 0.6) is 0 Å². The van der Waals surface area contributed by atoms with Crippen LogP contribution < -0.4 is 16.5 Å². The number of rotatable bonds is 9. The summed E-state index contributed by atoms with van der Waals surface area (Å²) < 4.78 is 2.33. The third-order valence-electron chi connectivity index (χ3n) is 11.7. The highest BCUT2D eigenvalue weighted by Gasteiger charge is 2.47. The molecule has 2 aliphatic rings. The average molecular weight is 711 g/mol. The van der Waals surface area contributed by atoms with Crippen molar-refractivity contribution in [2.24, 2.45) is 11.7 Å². The van der Waals surface area contributed by atoms with Gasteiger partial charge in [-0.2, -0.15) is 0 Å². The van der Waals surface area contributed by atoms with E-state index in [0.29, 0.717) is 0 Å². The number of allylic oxidation sites excluding steroid dienone is 3. The first-order chi connectivity index (χ1) is 27.2. The van der Waals surface area contributed by atoms with Crippen molar-refractivity contribution in [2.45, 2.75) is 24.2 Å². The summed E-state index contributed by atoms with van der Waals surface area (Å²) in [7, 11) is 0. The lowest BCUT2D eigenvalue weighted by Gasteiger charge is -2.34. The normalized spacial score (nSPS) is 16.5. The van der Waals surface area contributed by atoms with Gasteiger partial charge in [-0.1, -0.05) is 188 Å². The van der Waals surface area contributed by atoms with Crippen molar-refractivity contribution in [2.75, 3.05) is 5.43 Å². The second-order valence-corrected chi connectivity index (χ2v) is 14.7. The van der Waals surface area contributed by atoms with Crippen LogP contribution in [0, 0.1) is 5.92 Å². The van der Waals surface area contributed by atoms with Gasteiger partial charge in [-0.25, -0.2) is 0 Å². The fourth-order valence-corrected chi connectivity index (χ4v) is 9.18. The Kier molecular flexibility index (Phi) is 8.28. The zero-order chi connectivity index (χ0) is 36.8. The van der Waals surface area contributed by atoms with Crippen LogP contribution >= 0.6 is 0 Å². The molecule has 8 aromatic rings. The number of hydrogen-bond donors (Lipinski definition) is 3. The fraction of sp³-hybridized carbons (Fsp3) is 0.0980. The molecule has 0 saturated carbocycles. The van der Waals surface area contributed by atoms with Crippen LogP contribution in [-0.2, 0) is 5.41 Å². The van der Waals surface area contributed by atoms with E-state index >= 15 is 0 Å². The highest BCUT2D eigenvalue weighted by Crippen LogP contribution is 2.58. The number of nitrogens with zero attached hydrogens (tertiary/aromatic N) is 1. The zero-order valence-corrected chi connectivity index (χ0v) is 30.5. The van der Waals surface area contributed by atoms with Gasteiger partial charge in [0.05, 0.1) is 28.8 Å². The number of aromatic nitrogens is 1. The molecule has 1 aromatic heterocycles. The molecule has 0 fully saturated rings. The SMILES string of the molecule is NC(NC(Nn1c2cc(-c3ccccc3)ccc2c2c3c(ccc21)C(c1ccccc1)(c1ccccc1)c1ccccc1-3)C1C=CC=CC1)c1ccccc1. The van der Waals surface area contributed by atoms with Crippen molar-refractivity contribution in [1.82, 2.24) is 9.99 Å². The van der Waals surface area contributed by atoms with Gasteiger partial charge in [0.2, 0.25) is 0 Å². The Morgan fingerprint density at radius 2 is 1.25 bits per heavy atom. The van der Waals surface area contributed by atoms with Gasteiger partial charge in [-0.05, 0) is 68.6 Å². The quantitative estimate of drug-likeness (QED) is 0.131. The molecular weight excluding hydrogens is 669 g/mol. The van der Waals surface area contributed by atoms with Gasteiger partial charge in [0.25, 0.3) is 0 Å². The van der Waals surface area contributed by atoms with Crippen LogP contribution in [0.4, 0.5) is 0 Å². The molecule has 3 atom stereocenters. The van der Waals surface area contributed by atoms with E-state index in [2.05, 4.69) is 197 Å². The number of nitrogens with one attached hydrogen (secondary N) is 2. The average Bonchev–Trinajstić information content (AvgIpc) is 3.74. The minimum absolute atomic E-state index is 0.170. The van der Waals surface area contributed by atoms with Crippen molar-refractivity contribution >= 4 is 21.8 Å². The summed E-state index contributed by atoms with van der Waals surface area (Å²) >= 11 is 0. The standard InChI is InChI=1S/C51H42N4/c52-49(36-20-8-2-9-21-36)53-50(37-22-10-3-11-23-37)54-55-45-33-32-44-47(48(45)42-31-30-38(34-46(42)55)35-18-6-1-7-19-35)41-28-16-17-29-43(41)51(44,39-24-12-4-13-25-39)40-26-14-5-15-27-40/h1-22,24-34,37,49-50,53-54H,23,52H2. The van der Waals surface area contributed by atoms with Crippen molar-refractivity contribution in [3.05, 3.63) is 228 Å². The molecule has 0 saturated heterocycles. The first-order valence-electron chi connectivity index (χ1n) is 19.3. The highest BCUT2D eigenvalue weighted by molar-refractivity contribution is 6.18. The lowest BCUT2D eigenvalue weighted by molar-refractivity contribution is 0.376. The molecule has 4 N–H and O–H groups in total. The van der Waals surface area contributed by atoms with E-state index in [1.54, 1.807) is 0 Å². The molecule has 266 valence electrons. The molecule has 0 spiro atoms. The van der Waals surface area contributed by atoms with Crippen molar-refractivity contribution < 1.29 is 0 Å². The van der Waals surface area contributed by atoms with Gasteiger partial charge in [0.1, 0.15) is 0 Å². The maximum atomic E-state index is 6.92. The first-order valence-corrected chi connectivity index (χ1v) is 19.3. The monoisotopic (exact) mass is 710 g/mol. The Morgan fingerprint density at radius 3 is 1.95 bits per heavy atom. The van der Waals surface area contributed by atoms with Gasteiger partial charge in [0, 0.05) is 16.7 Å². The smallest absolute Gasteiger partial charge is 0.0998 e. The topological polar surface area (TPSA) is 55.0 Å². The van der Waals surface area contributed by atoms with Crippen LogP contribution in [0.15, 0.2) is 200 Å². The van der Waals surface area contributed by atoms with E-state index in [1.807, 2.05) is 18.2 Å². The van der Waals surface area contributed by atoms with Gasteiger partial charge < -0.3 is 11.2 Å². The Balaban J connectivity index is 1.24. The minimum Gasteiger partial charge on any atom is -0.312 e. The second-order valence-electron chi connectivity index (χ2n) is 14.7. The summed E-state index contributed by atoms with van der Waals surface area (Å²) in [5, 5.41) is 6.25. The Bertz CT molecular complexity index is 2660. The van der Waals surface area contributed by atoms with E-state index in [4.69, 9.17) is 5.73 Å². The predicted octanol–water partition coefficient (Wildman–Crippen LogP) is 11.1. The van der Waals surface area contributed by atoms with Gasteiger partial charge in [-0.3, -0.25) is 9.99 Å². The van der Waals surface area contributed by atoms with E-state index < -0.39 is 5.41 Å². The minimum atomic E-state index is -0.486. The molecule has 4 heteroatoms. The number of hydrogen-bond acceptors (Lipinski definition) is 3. The molecule has 55 heavy (non-hydrogen) atoms. The lowest BCUT2D eigenvalue weighted by Crippen LogP contribution is -2.49. The predicted molar refractivity (Wildman–Crippen MR) is 228 cm³/mol. The molecule has 0 bridgehead atoms. The molecule has 10 rings (SSSR count). The van der Waals surface area contributed by atoms with Crippen molar-refractivity contribution in [3.8, 4) is 22.3 Å². The van der Waals surface area contributed by atoms with Crippen molar-refractivity contribution in [3.63, 3.8) is 0 Å². The van der Waals surface area contributed by atoms with E-state index in [0.717, 1.165) is 23.0 Å². The molecule has 1 heterocycles.